The van der Waals surface area contributed by atoms with Gasteiger partial charge < -0.3 is 0 Å². The summed E-state index contributed by atoms with van der Waals surface area (Å²) in [5, 5.41) is 8.91. The van der Waals surface area contributed by atoms with E-state index in [1.165, 1.54) is 4.57 Å². The van der Waals surface area contributed by atoms with Crippen molar-refractivity contribution in [2.24, 2.45) is 7.05 Å². The number of hydrogen-bond acceptors (Lipinski definition) is 2. The number of imidazole rings is 1. The Balaban J connectivity index is 2.91. The Labute approximate surface area is 101 Å². The minimum atomic E-state index is -0.461. The van der Waals surface area contributed by atoms with Crippen LogP contribution < -0.4 is 5.69 Å². The zero-order valence-electron chi connectivity index (χ0n) is 8.94. The van der Waals surface area contributed by atoms with Gasteiger partial charge in [0.1, 0.15) is 6.04 Å². The van der Waals surface area contributed by atoms with Gasteiger partial charge in [-0.15, -0.1) is 0 Å². The van der Waals surface area contributed by atoms with E-state index in [9.17, 15) is 4.79 Å². The molecule has 16 heavy (non-hydrogen) atoms. The molecule has 1 atom stereocenters. The largest absolute Gasteiger partial charge is 0.329 e. The first-order chi connectivity index (χ1) is 7.56. The predicted molar refractivity (Wildman–Crippen MR) is 65.2 cm³/mol. The molecular formula is C11H10BrN3O. The third-order valence-electron chi connectivity index (χ3n) is 2.63. The van der Waals surface area contributed by atoms with Crippen molar-refractivity contribution < 1.29 is 0 Å². The molecule has 0 fully saturated rings. The maximum absolute atomic E-state index is 12.0. The Kier molecular flexibility index (Phi) is 2.60. The lowest BCUT2D eigenvalue weighted by molar-refractivity contribution is 0.645. The third-order valence-corrected chi connectivity index (χ3v) is 3.12. The van der Waals surface area contributed by atoms with Crippen LogP contribution in [0.15, 0.2) is 27.5 Å². The van der Waals surface area contributed by atoms with Crippen LogP contribution in [0.5, 0.6) is 0 Å². The number of halogens is 1. The third kappa shape index (κ3) is 1.46. The number of aryl methyl sites for hydroxylation is 1. The molecule has 0 aliphatic carbocycles. The van der Waals surface area contributed by atoms with Gasteiger partial charge in [-0.05, 0) is 25.1 Å². The first-order valence-electron chi connectivity index (χ1n) is 4.82. The Bertz CT molecular complexity index is 648. The van der Waals surface area contributed by atoms with Gasteiger partial charge in [-0.3, -0.25) is 9.13 Å². The van der Waals surface area contributed by atoms with E-state index in [1.54, 1.807) is 18.5 Å². The molecule has 1 aromatic heterocycles. The highest BCUT2D eigenvalue weighted by atomic mass is 79.9. The van der Waals surface area contributed by atoms with E-state index in [-0.39, 0.29) is 5.69 Å². The van der Waals surface area contributed by atoms with Crippen LogP contribution in [-0.4, -0.2) is 9.13 Å². The van der Waals surface area contributed by atoms with Crippen LogP contribution in [0.3, 0.4) is 0 Å². The van der Waals surface area contributed by atoms with Crippen LogP contribution in [0, 0.1) is 11.3 Å². The van der Waals surface area contributed by atoms with Crippen molar-refractivity contribution in [3.63, 3.8) is 0 Å². The summed E-state index contributed by atoms with van der Waals surface area (Å²) < 4.78 is 3.97. The summed E-state index contributed by atoms with van der Waals surface area (Å²) in [6, 6.07) is 7.20. The summed E-state index contributed by atoms with van der Waals surface area (Å²) in [5.41, 5.74) is 1.44. The molecule has 0 aliphatic heterocycles. The zero-order chi connectivity index (χ0) is 11.9. The molecule has 0 aliphatic rings. The van der Waals surface area contributed by atoms with Crippen LogP contribution in [0.2, 0.25) is 0 Å². The van der Waals surface area contributed by atoms with Crippen LogP contribution in [0.25, 0.3) is 11.0 Å². The first kappa shape index (κ1) is 11.0. The van der Waals surface area contributed by atoms with Crippen LogP contribution in [0.1, 0.15) is 13.0 Å². The van der Waals surface area contributed by atoms with Crippen molar-refractivity contribution >= 4 is 27.0 Å². The Morgan fingerprint density at radius 2 is 2.12 bits per heavy atom. The number of benzene rings is 1. The lowest BCUT2D eigenvalue weighted by atomic mass is 10.3. The second kappa shape index (κ2) is 3.80. The molecule has 0 saturated carbocycles. The lowest BCUT2D eigenvalue weighted by Crippen LogP contribution is -2.24. The van der Waals surface area contributed by atoms with Crippen molar-refractivity contribution in [3.05, 3.63) is 33.2 Å². The van der Waals surface area contributed by atoms with E-state index in [0.29, 0.717) is 0 Å². The fourth-order valence-corrected chi connectivity index (χ4v) is 2.12. The molecule has 0 amide bonds. The second-order valence-electron chi connectivity index (χ2n) is 3.65. The van der Waals surface area contributed by atoms with E-state index in [4.69, 9.17) is 5.26 Å². The summed E-state index contributed by atoms with van der Waals surface area (Å²) in [7, 11) is 1.71. The number of hydrogen-bond donors (Lipinski definition) is 0. The monoisotopic (exact) mass is 279 g/mol. The number of nitriles is 1. The van der Waals surface area contributed by atoms with Gasteiger partial charge in [-0.25, -0.2) is 4.79 Å². The molecule has 5 heteroatoms. The summed E-state index contributed by atoms with van der Waals surface area (Å²) in [6.45, 7) is 1.71. The van der Waals surface area contributed by atoms with Crippen molar-refractivity contribution in [1.82, 2.24) is 9.13 Å². The van der Waals surface area contributed by atoms with Crippen molar-refractivity contribution in [2.75, 3.05) is 0 Å². The Morgan fingerprint density at radius 1 is 1.44 bits per heavy atom. The molecule has 1 aromatic carbocycles. The number of aromatic nitrogens is 2. The average molecular weight is 280 g/mol. The Morgan fingerprint density at radius 3 is 2.75 bits per heavy atom. The molecule has 1 heterocycles. The molecule has 2 rings (SSSR count). The van der Waals surface area contributed by atoms with Gasteiger partial charge in [0.2, 0.25) is 0 Å². The van der Waals surface area contributed by atoms with E-state index in [2.05, 4.69) is 22.0 Å². The standard InChI is InChI=1S/C11H10BrN3O/c1-7(6-13)15-9-4-3-8(12)5-10(9)14(2)11(15)16/h3-5,7H,1-2H3. The summed E-state index contributed by atoms with van der Waals surface area (Å²) in [6.07, 6.45) is 0. The fourth-order valence-electron chi connectivity index (χ4n) is 1.77. The van der Waals surface area contributed by atoms with E-state index < -0.39 is 6.04 Å². The SMILES string of the molecule is CC(C#N)n1c(=O)n(C)c2cc(Br)ccc21. The van der Waals surface area contributed by atoms with Crippen LogP contribution in [-0.2, 0) is 7.05 Å². The van der Waals surface area contributed by atoms with Gasteiger partial charge in [-0.2, -0.15) is 5.26 Å². The number of rotatable bonds is 1. The molecule has 2 aromatic rings. The van der Waals surface area contributed by atoms with Gasteiger partial charge in [0, 0.05) is 11.5 Å². The van der Waals surface area contributed by atoms with E-state index in [0.717, 1.165) is 15.5 Å². The molecule has 0 N–H and O–H groups in total. The number of nitrogens with zero attached hydrogens (tertiary/aromatic N) is 3. The molecule has 0 saturated heterocycles. The summed E-state index contributed by atoms with van der Waals surface area (Å²) >= 11 is 3.36. The second-order valence-corrected chi connectivity index (χ2v) is 4.57. The van der Waals surface area contributed by atoms with Gasteiger partial charge in [0.15, 0.2) is 0 Å². The van der Waals surface area contributed by atoms with Crippen LogP contribution in [0.4, 0.5) is 0 Å². The minimum Gasteiger partial charge on any atom is -0.295 e. The van der Waals surface area contributed by atoms with E-state index in [1.807, 2.05) is 18.2 Å². The van der Waals surface area contributed by atoms with E-state index >= 15 is 0 Å². The maximum atomic E-state index is 12.0. The average Bonchev–Trinajstić information content (AvgIpc) is 2.52. The normalized spacial score (nSPS) is 12.6. The van der Waals surface area contributed by atoms with Crippen LogP contribution >= 0.6 is 15.9 Å². The highest BCUT2D eigenvalue weighted by molar-refractivity contribution is 9.10. The summed E-state index contributed by atoms with van der Waals surface area (Å²) in [5.74, 6) is 0. The molecule has 0 spiro atoms. The zero-order valence-corrected chi connectivity index (χ0v) is 10.5. The molecule has 4 nitrogen and oxygen atoms in total. The summed E-state index contributed by atoms with van der Waals surface area (Å²) in [4.78, 5) is 12.0. The first-order valence-corrected chi connectivity index (χ1v) is 5.61. The van der Waals surface area contributed by atoms with Crippen molar-refractivity contribution in [1.29, 1.82) is 5.26 Å². The van der Waals surface area contributed by atoms with Gasteiger partial charge >= 0.3 is 5.69 Å². The van der Waals surface area contributed by atoms with Gasteiger partial charge in [-0.1, -0.05) is 15.9 Å². The molecule has 0 radical (unpaired) electrons. The predicted octanol–water partition coefficient (Wildman–Crippen LogP) is 2.19. The molecule has 82 valence electrons. The highest BCUT2D eigenvalue weighted by Gasteiger charge is 2.14. The smallest absolute Gasteiger partial charge is 0.295 e. The fraction of sp³-hybridized carbons (Fsp3) is 0.273. The number of fused-ring (bicyclic) bond motifs is 1. The maximum Gasteiger partial charge on any atom is 0.329 e. The van der Waals surface area contributed by atoms with Crippen molar-refractivity contribution in [3.8, 4) is 6.07 Å². The molecule has 1 unspecified atom stereocenters. The molecular weight excluding hydrogens is 270 g/mol. The molecule has 0 bridgehead atoms. The highest BCUT2D eigenvalue weighted by Crippen LogP contribution is 2.20. The lowest BCUT2D eigenvalue weighted by Gasteiger charge is -2.03. The van der Waals surface area contributed by atoms with Gasteiger partial charge in [0.25, 0.3) is 0 Å². The minimum absolute atomic E-state index is 0.165. The quantitative estimate of drug-likeness (QED) is 0.804. The van der Waals surface area contributed by atoms with Crippen molar-refractivity contribution in [2.45, 2.75) is 13.0 Å². The topological polar surface area (TPSA) is 50.7 Å². The Hall–Kier alpha value is -1.54. The van der Waals surface area contributed by atoms with Gasteiger partial charge in [0.05, 0.1) is 17.1 Å².